The summed E-state index contributed by atoms with van der Waals surface area (Å²) in [5.41, 5.74) is 0.601. The average Bonchev–Trinajstić information content (AvgIpc) is 3.33. The van der Waals surface area contributed by atoms with E-state index in [2.05, 4.69) is 4.72 Å². The molecule has 2 aromatic carbocycles. The molecular weight excluding hydrogens is 416 g/mol. The van der Waals surface area contributed by atoms with Gasteiger partial charge in [-0.1, -0.05) is 23.3 Å². The van der Waals surface area contributed by atoms with Crippen LogP contribution >= 0.6 is 11.3 Å². The minimum Gasteiger partial charge on any atom is -0.324 e. The minimum absolute atomic E-state index is 0.0422. The summed E-state index contributed by atoms with van der Waals surface area (Å²) >= 11 is 1.08. The third-order valence-corrected chi connectivity index (χ3v) is 6.84. The standard InChI is InChI=1S/C19H12N2O6S2/c22-17-14-4-1-2-5-15(14)18(23)21(17)27-19(24)12-7-9-13(10-8-12)20-29(25,26)16-6-3-11-28-16/h1-11,20H. The second-order valence-corrected chi connectivity index (χ2v) is 8.80. The Labute approximate surface area is 169 Å². The Morgan fingerprint density at radius 2 is 1.52 bits per heavy atom. The van der Waals surface area contributed by atoms with Crippen molar-refractivity contribution in [1.82, 2.24) is 5.06 Å². The van der Waals surface area contributed by atoms with E-state index in [0.717, 1.165) is 11.3 Å². The predicted octanol–water partition coefficient (Wildman–Crippen LogP) is 2.92. The highest BCUT2D eigenvalue weighted by Crippen LogP contribution is 2.24. The molecule has 1 aromatic heterocycles. The molecule has 1 aliphatic rings. The molecule has 0 fully saturated rings. The van der Waals surface area contributed by atoms with Gasteiger partial charge in [-0.25, -0.2) is 13.2 Å². The number of rotatable bonds is 5. The van der Waals surface area contributed by atoms with Crippen molar-refractivity contribution in [1.29, 1.82) is 0 Å². The normalized spacial score (nSPS) is 13.3. The smallest absolute Gasteiger partial charge is 0.324 e. The van der Waals surface area contributed by atoms with Crippen LogP contribution in [0.2, 0.25) is 0 Å². The van der Waals surface area contributed by atoms with Crippen molar-refractivity contribution in [3.8, 4) is 0 Å². The third kappa shape index (κ3) is 3.50. The molecular formula is C19H12N2O6S2. The molecule has 0 atom stereocenters. The number of amides is 2. The monoisotopic (exact) mass is 428 g/mol. The molecule has 10 heteroatoms. The van der Waals surface area contributed by atoms with E-state index in [4.69, 9.17) is 4.84 Å². The summed E-state index contributed by atoms with van der Waals surface area (Å²) < 4.78 is 27.0. The van der Waals surface area contributed by atoms with Crippen molar-refractivity contribution in [2.24, 2.45) is 0 Å². The number of hydrogen-bond donors (Lipinski definition) is 1. The average molecular weight is 428 g/mol. The van der Waals surface area contributed by atoms with E-state index in [1.165, 1.54) is 42.5 Å². The zero-order valence-corrected chi connectivity index (χ0v) is 16.2. The maximum Gasteiger partial charge on any atom is 0.363 e. The molecule has 8 nitrogen and oxygen atoms in total. The molecule has 0 radical (unpaired) electrons. The maximum absolute atomic E-state index is 12.3. The number of anilines is 1. The first-order valence-electron chi connectivity index (χ1n) is 8.23. The van der Waals surface area contributed by atoms with E-state index >= 15 is 0 Å². The van der Waals surface area contributed by atoms with E-state index < -0.39 is 27.8 Å². The molecule has 2 heterocycles. The second-order valence-electron chi connectivity index (χ2n) is 5.94. The van der Waals surface area contributed by atoms with Crippen LogP contribution in [-0.4, -0.2) is 31.3 Å². The zero-order chi connectivity index (χ0) is 20.6. The van der Waals surface area contributed by atoms with Crippen molar-refractivity contribution in [3.63, 3.8) is 0 Å². The van der Waals surface area contributed by atoms with Gasteiger partial charge in [-0.05, 0) is 47.8 Å². The molecule has 0 spiro atoms. The van der Waals surface area contributed by atoms with Crippen LogP contribution in [0.3, 0.4) is 0 Å². The van der Waals surface area contributed by atoms with Gasteiger partial charge in [-0.3, -0.25) is 14.3 Å². The molecule has 1 N–H and O–H groups in total. The van der Waals surface area contributed by atoms with Crippen molar-refractivity contribution < 1.29 is 27.6 Å². The molecule has 0 aliphatic carbocycles. The lowest BCUT2D eigenvalue weighted by atomic mass is 10.1. The highest BCUT2D eigenvalue weighted by Gasteiger charge is 2.38. The number of carbonyl (C=O) groups is 3. The SMILES string of the molecule is O=C(ON1C(=O)c2ccccc2C1=O)c1ccc(NS(=O)(=O)c2cccs2)cc1. The van der Waals surface area contributed by atoms with E-state index in [-0.39, 0.29) is 26.6 Å². The topological polar surface area (TPSA) is 110 Å². The van der Waals surface area contributed by atoms with Crippen LogP contribution in [0.15, 0.2) is 70.3 Å². The fourth-order valence-corrected chi connectivity index (χ4v) is 4.73. The fourth-order valence-electron chi connectivity index (χ4n) is 2.68. The van der Waals surface area contributed by atoms with Gasteiger partial charge in [-0.15, -0.1) is 11.3 Å². The lowest BCUT2D eigenvalue weighted by Crippen LogP contribution is -2.32. The number of hydrogen-bond acceptors (Lipinski definition) is 7. The third-order valence-electron chi connectivity index (χ3n) is 4.06. The fraction of sp³-hybridized carbons (Fsp3) is 0. The molecule has 29 heavy (non-hydrogen) atoms. The summed E-state index contributed by atoms with van der Waals surface area (Å²) in [4.78, 5) is 41.8. The first-order chi connectivity index (χ1) is 13.9. The van der Waals surface area contributed by atoms with Crippen LogP contribution in [0.25, 0.3) is 0 Å². The van der Waals surface area contributed by atoms with Crippen LogP contribution in [0, 0.1) is 0 Å². The first-order valence-corrected chi connectivity index (χ1v) is 10.6. The van der Waals surface area contributed by atoms with Crippen LogP contribution in [0.4, 0.5) is 5.69 Å². The minimum atomic E-state index is -3.71. The van der Waals surface area contributed by atoms with E-state index in [1.54, 1.807) is 23.6 Å². The summed E-state index contributed by atoms with van der Waals surface area (Å²) in [6, 6.07) is 14.7. The number of thiophene rings is 1. The number of nitrogens with one attached hydrogen (secondary N) is 1. The van der Waals surface area contributed by atoms with E-state index in [1.807, 2.05) is 0 Å². The van der Waals surface area contributed by atoms with Crippen molar-refractivity contribution >= 4 is 44.8 Å². The number of benzene rings is 2. The lowest BCUT2D eigenvalue weighted by molar-refractivity contribution is -0.0584. The van der Waals surface area contributed by atoms with Gasteiger partial charge in [0.15, 0.2) is 0 Å². The van der Waals surface area contributed by atoms with Gasteiger partial charge in [-0.2, -0.15) is 0 Å². The Morgan fingerprint density at radius 3 is 2.07 bits per heavy atom. The molecule has 0 saturated carbocycles. The highest BCUT2D eigenvalue weighted by atomic mass is 32.2. The lowest BCUT2D eigenvalue weighted by Gasteiger charge is -2.13. The molecule has 2 amide bonds. The summed E-state index contributed by atoms with van der Waals surface area (Å²) in [5.74, 6) is -2.37. The zero-order valence-electron chi connectivity index (χ0n) is 14.6. The Morgan fingerprint density at radius 1 is 0.897 bits per heavy atom. The molecule has 0 unspecified atom stereocenters. The summed E-state index contributed by atoms with van der Waals surface area (Å²) in [6.07, 6.45) is 0. The Hall–Kier alpha value is -3.50. The number of fused-ring (bicyclic) bond motifs is 1. The Bertz CT molecular complexity index is 1180. The molecule has 0 bridgehead atoms. The second kappa shape index (κ2) is 7.15. The Kier molecular flexibility index (Phi) is 4.65. The summed E-state index contributed by atoms with van der Waals surface area (Å²) in [5, 5.41) is 2.06. The van der Waals surface area contributed by atoms with Gasteiger partial charge >= 0.3 is 5.97 Å². The predicted molar refractivity (Wildman–Crippen MR) is 104 cm³/mol. The van der Waals surface area contributed by atoms with Crippen molar-refractivity contribution in [2.45, 2.75) is 4.21 Å². The van der Waals surface area contributed by atoms with E-state index in [0.29, 0.717) is 5.06 Å². The number of imide groups is 1. The quantitative estimate of drug-likeness (QED) is 0.626. The molecule has 3 aromatic rings. The van der Waals surface area contributed by atoms with E-state index in [9.17, 15) is 22.8 Å². The maximum atomic E-state index is 12.3. The van der Waals surface area contributed by atoms with Gasteiger partial charge in [0.25, 0.3) is 21.8 Å². The van der Waals surface area contributed by atoms with Gasteiger partial charge in [0.1, 0.15) is 4.21 Å². The van der Waals surface area contributed by atoms with Gasteiger partial charge in [0.2, 0.25) is 0 Å². The van der Waals surface area contributed by atoms with Crippen molar-refractivity contribution in [2.75, 3.05) is 4.72 Å². The van der Waals surface area contributed by atoms with Gasteiger partial charge in [0.05, 0.1) is 16.7 Å². The largest absolute Gasteiger partial charge is 0.363 e. The van der Waals surface area contributed by atoms with Crippen LogP contribution in [0.1, 0.15) is 31.1 Å². The number of hydroxylamine groups is 2. The summed E-state index contributed by atoms with van der Waals surface area (Å²) in [6.45, 7) is 0. The molecule has 4 rings (SSSR count). The van der Waals surface area contributed by atoms with Crippen molar-refractivity contribution in [3.05, 3.63) is 82.7 Å². The van der Waals surface area contributed by atoms with Crippen LogP contribution in [0.5, 0.6) is 0 Å². The molecule has 1 aliphatic heterocycles. The van der Waals surface area contributed by atoms with Gasteiger partial charge in [0, 0.05) is 5.69 Å². The summed E-state index contributed by atoms with van der Waals surface area (Å²) in [7, 11) is -3.71. The number of carbonyl (C=O) groups excluding carboxylic acids is 3. The highest BCUT2D eigenvalue weighted by molar-refractivity contribution is 7.94. The molecule has 0 saturated heterocycles. The van der Waals surface area contributed by atoms with Gasteiger partial charge < -0.3 is 4.84 Å². The Balaban J connectivity index is 1.47. The van der Waals surface area contributed by atoms with Crippen LogP contribution in [-0.2, 0) is 14.9 Å². The number of sulfonamides is 1. The van der Waals surface area contributed by atoms with Crippen LogP contribution < -0.4 is 4.72 Å². The number of nitrogens with zero attached hydrogens (tertiary/aromatic N) is 1. The molecule has 146 valence electrons. The first kappa shape index (κ1) is 18.8.